The van der Waals surface area contributed by atoms with Crippen molar-refractivity contribution in [2.45, 2.75) is 26.4 Å². The summed E-state index contributed by atoms with van der Waals surface area (Å²) >= 11 is 0. The zero-order chi connectivity index (χ0) is 18.7. The Morgan fingerprint density at radius 2 is 2.24 bits per heavy atom. The molecule has 0 fully saturated rings. The summed E-state index contributed by atoms with van der Waals surface area (Å²) in [6.45, 7) is 6.77. The Balaban J connectivity index is 2.47. The summed E-state index contributed by atoms with van der Waals surface area (Å²) in [6, 6.07) is 4.10. The number of amides is 1. The Morgan fingerprint density at radius 1 is 1.48 bits per heavy atom. The van der Waals surface area contributed by atoms with Gasteiger partial charge < -0.3 is 20.2 Å². The lowest BCUT2D eigenvalue weighted by Crippen LogP contribution is -2.44. The number of hydrogen-bond acceptors (Lipinski definition) is 6. The van der Waals surface area contributed by atoms with E-state index in [1.807, 2.05) is 38.1 Å². The van der Waals surface area contributed by atoms with Crippen LogP contribution in [0.1, 0.15) is 25.1 Å². The molecule has 1 aromatic heterocycles. The van der Waals surface area contributed by atoms with E-state index in [9.17, 15) is 4.79 Å². The van der Waals surface area contributed by atoms with Crippen LogP contribution in [0.4, 0.5) is 0 Å². The number of rotatable bonds is 11. The zero-order valence-electron chi connectivity index (χ0n) is 15.8. The number of aliphatic hydroxyl groups excluding tert-OH is 1. The molecule has 2 N–H and O–H groups in total. The molecule has 140 valence electrons. The maximum absolute atomic E-state index is 12.3. The van der Waals surface area contributed by atoms with E-state index in [0.717, 1.165) is 17.8 Å². The van der Waals surface area contributed by atoms with Gasteiger partial charge in [-0.05, 0) is 45.6 Å². The lowest BCUT2D eigenvalue weighted by Gasteiger charge is -2.28. The summed E-state index contributed by atoms with van der Waals surface area (Å²) in [5.74, 6) is 0.0943. The van der Waals surface area contributed by atoms with E-state index in [-0.39, 0.29) is 12.5 Å². The van der Waals surface area contributed by atoms with Gasteiger partial charge in [0, 0.05) is 38.1 Å². The molecule has 0 spiro atoms. The van der Waals surface area contributed by atoms with E-state index in [1.165, 1.54) is 0 Å². The van der Waals surface area contributed by atoms with Crippen LogP contribution in [0.5, 0.6) is 0 Å². The normalized spacial score (nSPS) is 12.7. The van der Waals surface area contributed by atoms with Crippen molar-refractivity contribution < 1.29 is 9.90 Å². The molecule has 1 rings (SSSR count). The largest absolute Gasteiger partial charge is 0.394 e. The molecule has 0 saturated heterocycles. The van der Waals surface area contributed by atoms with Crippen molar-refractivity contribution in [2.24, 2.45) is 4.99 Å². The number of nitrogens with zero attached hydrogens (tertiary/aromatic N) is 4. The number of carbonyl (C=O) groups excluding carboxylic acids is 1. The fourth-order valence-corrected chi connectivity index (χ4v) is 2.20. The second kappa shape index (κ2) is 11.7. The number of likely N-dealkylation sites (N-methyl/N-ethyl adjacent to an activating group) is 2. The molecule has 1 atom stereocenters. The molecule has 0 aliphatic heterocycles. The average Bonchev–Trinajstić information content (AvgIpc) is 2.59. The summed E-state index contributed by atoms with van der Waals surface area (Å²) in [7, 11) is 4.04. The van der Waals surface area contributed by atoms with Crippen LogP contribution in [0.3, 0.4) is 0 Å². The van der Waals surface area contributed by atoms with E-state index < -0.39 is 0 Å². The molecule has 25 heavy (non-hydrogen) atoms. The predicted molar refractivity (Wildman–Crippen MR) is 101 cm³/mol. The van der Waals surface area contributed by atoms with Crippen LogP contribution in [-0.2, 0) is 11.3 Å². The first kappa shape index (κ1) is 21.2. The molecule has 0 aliphatic carbocycles. The van der Waals surface area contributed by atoms with Gasteiger partial charge in [0.1, 0.15) is 0 Å². The fourth-order valence-electron chi connectivity index (χ4n) is 2.20. The quantitative estimate of drug-likeness (QED) is 0.565. The molecular formula is C18H31N5O2. The average molecular weight is 349 g/mol. The number of pyridine rings is 1. The van der Waals surface area contributed by atoms with Crippen LogP contribution in [0.25, 0.3) is 0 Å². The molecule has 0 radical (unpaired) electrons. The van der Waals surface area contributed by atoms with Crippen molar-refractivity contribution in [1.29, 1.82) is 0 Å². The van der Waals surface area contributed by atoms with Crippen LogP contribution in [0, 0.1) is 0 Å². The van der Waals surface area contributed by atoms with E-state index in [4.69, 9.17) is 5.11 Å². The van der Waals surface area contributed by atoms with Crippen molar-refractivity contribution >= 4 is 12.1 Å². The van der Waals surface area contributed by atoms with Crippen molar-refractivity contribution in [2.75, 3.05) is 46.9 Å². The van der Waals surface area contributed by atoms with E-state index in [1.54, 1.807) is 12.4 Å². The van der Waals surface area contributed by atoms with Crippen molar-refractivity contribution in [1.82, 2.24) is 20.1 Å². The van der Waals surface area contributed by atoms with E-state index >= 15 is 0 Å². The first-order valence-electron chi connectivity index (χ1n) is 8.68. The van der Waals surface area contributed by atoms with E-state index in [2.05, 4.69) is 27.1 Å². The Labute approximate surface area is 150 Å². The van der Waals surface area contributed by atoms with Crippen LogP contribution < -0.4 is 5.32 Å². The molecule has 1 unspecified atom stereocenters. The summed E-state index contributed by atoms with van der Waals surface area (Å²) < 4.78 is 0. The van der Waals surface area contributed by atoms with Gasteiger partial charge in [-0.15, -0.1) is 0 Å². The van der Waals surface area contributed by atoms with Gasteiger partial charge in [-0.3, -0.25) is 14.8 Å². The van der Waals surface area contributed by atoms with Gasteiger partial charge >= 0.3 is 0 Å². The number of aliphatic imine (C=N–C) groups is 1. The van der Waals surface area contributed by atoms with Crippen LogP contribution in [0.2, 0.25) is 0 Å². The third-order valence-corrected chi connectivity index (χ3v) is 3.99. The Hall–Kier alpha value is -1.83. The summed E-state index contributed by atoms with van der Waals surface area (Å²) in [5.41, 5.74) is 1.78. The summed E-state index contributed by atoms with van der Waals surface area (Å²) in [4.78, 5) is 24.7. The van der Waals surface area contributed by atoms with Gasteiger partial charge in [0.25, 0.3) is 0 Å². The zero-order valence-corrected chi connectivity index (χ0v) is 15.8. The van der Waals surface area contributed by atoms with Crippen LogP contribution >= 0.6 is 0 Å². The molecule has 0 aromatic carbocycles. The Kier molecular flexibility index (Phi) is 9.91. The van der Waals surface area contributed by atoms with Gasteiger partial charge in [0.2, 0.25) is 5.91 Å². The predicted octanol–water partition coefficient (Wildman–Crippen LogP) is 0.381. The highest BCUT2D eigenvalue weighted by Gasteiger charge is 2.15. The van der Waals surface area contributed by atoms with Crippen LogP contribution in [-0.4, -0.2) is 84.9 Å². The SMILES string of the molecule is CCN(CC(C)N(C)C)C(=O)CNCc1cc(C=NCCO)ccn1. The topological polar surface area (TPSA) is 81.1 Å². The molecule has 7 heteroatoms. The third kappa shape index (κ3) is 8.20. The maximum atomic E-state index is 12.3. The van der Waals surface area contributed by atoms with Gasteiger partial charge in [-0.25, -0.2) is 0 Å². The molecule has 1 amide bonds. The number of carbonyl (C=O) groups is 1. The molecule has 7 nitrogen and oxygen atoms in total. The number of aliphatic hydroxyl groups is 1. The molecule has 1 heterocycles. The van der Waals surface area contributed by atoms with Gasteiger partial charge in [0.15, 0.2) is 0 Å². The minimum atomic E-state index is 0.0402. The first-order chi connectivity index (χ1) is 12.0. The number of hydrogen-bond donors (Lipinski definition) is 2. The van der Waals surface area contributed by atoms with Gasteiger partial charge in [0.05, 0.1) is 25.4 Å². The highest BCUT2D eigenvalue weighted by molar-refractivity contribution is 5.79. The minimum Gasteiger partial charge on any atom is -0.394 e. The molecule has 0 aliphatic rings. The Bertz CT molecular complexity index is 548. The Morgan fingerprint density at radius 3 is 2.88 bits per heavy atom. The molecule has 0 bridgehead atoms. The smallest absolute Gasteiger partial charge is 0.236 e. The molecule has 1 aromatic rings. The first-order valence-corrected chi connectivity index (χ1v) is 8.68. The van der Waals surface area contributed by atoms with Gasteiger partial charge in [-0.1, -0.05) is 0 Å². The molecular weight excluding hydrogens is 318 g/mol. The van der Waals surface area contributed by atoms with Crippen molar-refractivity contribution in [3.8, 4) is 0 Å². The minimum absolute atomic E-state index is 0.0402. The van der Waals surface area contributed by atoms with Crippen LogP contribution in [0.15, 0.2) is 23.3 Å². The highest BCUT2D eigenvalue weighted by atomic mass is 16.3. The van der Waals surface area contributed by atoms with E-state index in [0.29, 0.717) is 32.2 Å². The van der Waals surface area contributed by atoms with Crippen molar-refractivity contribution in [3.05, 3.63) is 29.6 Å². The third-order valence-electron chi connectivity index (χ3n) is 3.99. The highest BCUT2D eigenvalue weighted by Crippen LogP contribution is 2.01. The lowest BCUT2D eigenvalue weighted by atomic mass is 10.2. The monoisotopic (exact) mass is 349 g/mol. The number of aromatic nitrogens is 1. The standard InChI is InChI=1S/C18H31N5O2/c1-5-23(14-15(2)22(3)4)18(25)13-20-12-17-10-16(6-7-21-17)11-19-8-9-24/h6-7,10-11,15,20,24H,5,8-9,12-14H2,1-4H3. The maximum Gasteiger partial charge on any atom is 0.236 e. The summed E-state index contributed by atoms with van der Waals surface area (Å²) in [5, 5.41) is 11.9. The fraction of sp³-hybridized carbons (Fsp3) is 0.611. The van der Waals surface area contributed by atoms with Gasteiger partial charge in [-0.2, -0.15) is 0 Å². The second-order valence-electron chi connectivity index (χ2n) is 6.19. The number of nitrogens with one attached hydrogen (secondary N) is 1. The molecule has 0 saturated carbocycles. The summed E-state index contributed by atoms with van der Waals surface area (Å²) in [6.07, 6.45) is 3.43. The lowest BCUT2D eigenvalue weighted by molar-refractivity contribution is -0.130. The van der Waals surface area contributed by atoms with Crippen molar-refractivity contribution in [3.63, 3.8) is 0 Å². The second-order valence-corrected chi connectivity index (χ2v) is 6.19.